The molecule has 19 heavy (non-hydrogen) atoms. The number of nitrogens with two attached hydrogens (primary N) is 1. The monoisotopic (exact) mass is 258 g/mol. The number of nitrogens with zero attached hydrogens (tertiary/aromatic N) is 2. The first-order valence-corrected chi connectivity index (χ1v) is 6.20. The molecular weight excluding hydrogens is 240 g/mol. The Hall–Kier alpha value is -2.14. The molecule has 0 bridgehead atoms. The predicted octanol–water partition coefficient (Wildman–Crippen LogP) is 2.99. The summed E-state index contributed by atoms with van der Waals surface area (Å²) in [5, 5.41) is 0. The molecular formula is C14H18N4O. The second-order valence-electron chi connectivity index (χ2n) is 4.57. The van der Waals surface area contributed by atoms with Crippen molar-refractivity contribution in [1.82, 2.24) is 9.97 Å². The molecule has 0 aliphatic carbocycles. The van der Waals surface area contributed by atoms with Crippen molar-refractivity contribution in [3.8, 4) is 11.6 Å². The van der Waals surface area contributed by atoms with Crippen LogP contribution in [0.4, 0.5) is 5.82 Å². The van der Waals surface area contributed by atoms with E-state index in [1.54, 1.807) is 0 Å². The number of hydrogen-bond donors (Lipinski definition) is 2. The predicted molar refractivity (Wildman–Crippen MR) is 75.2 cm³/mol. The van der Waals surface area contributed by atoms with Gasteiger partial charge in [-0.3, -0.25) is 0 Å². The Morgan fingerprint density at radius 1 is 1.16 bits per heavy atom. The van der Waals surface area contributed by atoms with Crippen molar-refractivity contribution >= 4 is 5.82 Å². The van der Waals surface area contributed by atoms with Crippen molar-refractivity contribution in [2.45, 2.75) is 26.7 Å². The zero-order valence-electron chi connectivity index (χ0n) is 11.3. The van der Waals surface area contributed by atoms with Crippen LogP contribution < -0.4 is 16.0 Å². The molecule has 0 radical (unpaired) electrons. The molecule has 3 N–H and O–H groups in total. The second-order valence-corrected chi connectivity index (χ2v) is 4.57. The Kier molecular flexibility index (Phi) is 3.97. The number of ether oxygens (including phenoxy) is 1. The highest BCUT2D eigenvalue weighted by Gasteiger charge is 2.14. The quantitative estimate of drug-likeness (QED) is 0.651. The molecule has 0 fully saturated rings. The second kappa shape index (κ2) is 5.67. The number of hydrazine groups is 1. The minimum absolute atomic E-state index is 0.200. The smallest absolute Gasteiger partial charge is 0.227 e. The van der Waals surface area contributed by atoms with Gasteiger partial charge in [-0.2, -0.15) is 4.98 Å². The van der Waals surface area contributed by atoms with Crippen LogP contribution in [0, 0.1) is 6.92 Å². The molecule has 0 amide bonds. The molecule has 0 atom stereocenters. The number of rotatable bonds is 4. The summed E-state index contributed by atoms with van der Waals surface area (Å²) in [7, 11) is 0. The summed E-state index contributed by atoms with van der Waals surface area (Å²) in [5.41, 5.74) is 3.37. The van der Waals surface area contributed by atoms with Crippen LogP contribution in [-0.4, -0.2) is 9.97 Å². The lowest BCUT2D eigenvalue weighted by molar-refractivity contribution is 0.453. The SMILES string of the molecule is Cc1c(NN)nc(C(C)C)nc1Oc1ccccc1. The Labute approximate surface area is 112 Å². The molecule has 0 saturated heterocycles. The first-order valence-electron chi connectivity index (χ1n) is 6.20. The lowest BCUT2D eigenvalue weighted by Gasteiger charge is -2.14. The molecule has 0 saturated carbocycles. The van der Waals surface area contributed by atoms with Crippen LogP contribution in [0.3, 0.4) is 0 Å². The van der Waals surface area contributed by atoms with Gasteiger partial charge < -0.3 is 10.2 Å². The minimum Gasteiger partial charge on any atom is -0.439 e. The van der Waals surface area contributed by atoms with Gasteiger partial charge in [0.1, 0.15) is 11.6 Å². The normalized spacial score (nSPS) is 10.6. The average Bonchev–Trinajstić information content (AvgIpc) is 2.42. The number of anilines is 1. The first-order chi connectivity index (χ1) is 9.11. The van der Waals surface area contributed by atoms with Gasteiger partial charge in [0.15, 0.2) is 5.82 Å². The third-order valence-electron chi connectivity index (χ3n) is 2.73. The largest absolute Gasteiger partial charge is 0.439 e. The maximum absolute atomic E-state index is 5.80. The maximum Gasteiger partial charge on any atom is 0.227 e. The highest BCUT2D eigenvalue weighted by Crippen LogP contribution is 2.28. The van der Waals surface area contributed by atoms with Crippen LogP contribution >= 0.6 is 0 Å². The first kappa shape index (κ1) is 13.3. The van der Waals surface area contributed by atoms with Gasteiger partial charge in [-0.25, -0.2) is 10.8 Å². The molecule has 1 heterocycles. The van der Waals surface area contributed by atoms with Gasteiger partial charge in [0, 0.05) is 5.92 Å². The Morgan fingerprint density at radius 2 is 1.84 bits per heavy atom. The number of para-hydroxylation sites is 1. The molecule has 100 valence electrons. The van der Waals surface area contributed by atoms with E-state index in [1.807, 2.05) is 51.1 Å². The van der Waals surface area contributed by atoms with Crippen LogP contribution in [0.5, 0.6) is 11.6 Å². The van der Waals surface area contributed by atoms with Gasteiger partial charge in [-0.05, 0) is 19.1 Å². The van der Waals surface area contributed by atoms with Crippen LogP contribution in [-0.2, 0) is 0 Å². The fraction of sp³-hybridized carbons (Fsp3) is 0.286. The standard InChI is InChI=1S/C14H18N4O/c1-9(2)12-16-13(18-15)10(3)14(17-12)19-11-7-5-4-6-8-11/h4-9H,15H2,1-3H3,(H,16,17,18). The van der Waals surface area contributed by atoms with Gasteiger partial charge in [0.2, 0.25) is 5.88 Å². The van der Waals surface area contributed by atoms with Gasteiger partial charge in [0.05, 0.1) is 5.56 Å². The summed E-state index contributed by atoms with van der Waals surface area (Å²) >= 11 is 0. The van der Waals surface area contributed by atoms with Gasteiger partial charge in [-0.1, -0.05) is 32.0 Å². The molecule has 1 aromatic carbocycles. The summed E-state index contributed by atoms with van der Waals surface area (Å²) in [4.78, 5) is 8.81. The highest BCUT2D eigenvalue weighted by atomic mass is 16.5. The molecule has 0 aliphatic heterocycles. The van der Waals surface area contributed by atoms with Crippen molar-refractivity contribution in [2.24, 2.45) is 5.84 Å². The van der Waals surface area contributed by atoms with Crippen molar-refractivity contribution < 1.29 is 4.74 Å². The number of aromatic nitrogens is 2. The third-order valence-corrected chi connectivity index (χ3v) is 2.73. The minimum atomic E-state index is 0.200. The Bertz CT molecular complexity index is 555. The molecule has 5 nitrogen and oxygen atoms in total. The summed E-state index contributed by atoms with van der Waals surface area (Å²) in [6.07, 6.45) is 0. The van der Waals surface area contributed by atoms with Crippen LogP contribution in [0.2, 0.25) is 0 Å². The highest BCUT2D eigenvalue weighted by molar-refractivity contribution is 5.49. The number of nitrogen functional groups attached to an aromatic ring is 1. The zero-order valence-corrected chi connectivity index (χ0v) is 11.3. The van der Waals surface area contributed by atoms with Gasteiger partial charge >= 0.3 is 0 Å². The summed E-state index contributed by atoms with van der Waals surface area (Å²) < 4.78 is 5.80. The van der Waals surface area contributed by atoms with E-state index in [4.69, 9.17) is 10.6 Å². The van der Waals surface area contributed by atoms with E-state index in [0.29, 0.717) is 17.5 Å². The van der Waals surface area contributed by atoms with Crippen molar-refractivity contribution in [1.29, 1.82) is 0 Å². The van der Waals surface area contributed by atoms with Crippen LogP contribution in [0.25, 0.3) is 0 Å². The number of benzene rings is 1. The van der Waals surface area contributed by atoms with E-state index >= 15 is 0 Å². The lowest BCUT2D eigenvalue weighted by Crippen LogP contribution is -2.13. The zero-order chi connectivity index (χ0) is 13.8. The van der Waals surface area contributed by atoms with E-state index in [2.05, 4.69) is 15.4 Å². The molecule has 2 rings (SSSR count). The fourth-order valence-corrected chi connectivity index (χ4v) is 1.61. The van der Waals surface area contributed by atoms with Gasteiger partial charge in [0.25, 0.3) is 0 Å². The van der Waals surface area contributed by atoms with E-state index in [0.717, 1.165) is 11.3 Å². The van der Waals surface area contributed by atoms with Crippen molar-refractivity contribution in [2.75, 3.05) is 5.43 Å². The van der Waals surface area contributed by atoms with Crippen molar-refractivity contribution in [3.05, 3.63) is 41.7 Å². The Balaban J connectivity index is 2.41. The Morgan fingerprint density at radius 3 is 2.42 bits per heavy atom. The molecule has 0 aliphatic rings. The average molecular weight is 258 g/mol. The molecule has 0 spiro atoms. The van der Waals surface area contributed by atoms with Crippen LogP contribution in [0.1, 0.15) is 31.2 Å². The molecule has 0 unspecified atom stereocenters. The number of hydrogen-bond acceptors (Lipinski definition) is 5. The summed E-state index contributed by atoms with van der Waals surface area (Å²) in [5.74, 6) is 8.24. The number of nitrogens with one attached hydrogen (secondary N) is 1. The van der Waals surface area contributed by atoms with Crippen molar-refractivity contribution in [3.63, 3.8) is 0 Å². The lowest BCUT2D eigenvalue weighted by atomic mass is 10.2. The molecule has 5 heteroatoms. The maximum atomic E-state index is 5.80. The fourth-order valence-electron chi connectivity index (χ4n) is 1.61. The van der Waals surface area contributed by atoms with E-state index in [9.17, 15) is 0 Å². The summed E-state index contributed by atoms with van der Waals surface area (Å²) in [6.45, 7) is 5.92. The molecule has 2 aromatic rings. The van der Waals surface area contributed by atoms with Gasteiger partial charge in [-0.15, -0.1) is 0 Å². The third kappa shape index (κ3) is 3.00. The topological polar surface area (TPSA) is 73.1 Å². The van der Waals surface area contributed by atoms with E-state index in [1.165, 1.54) is 0 Å². The van der Waals surface area contributed by atoms with E-state index < -0.39 is 0 Å². The van der Waals surface area contributed by atoms with Crippen LogP contribution in [0.15, 0.2) is 30.3 Å². The van der Waals surface area contributed by atoms with E-state index in [-0.39, 0.29) is 5.92 Å². The molecule has 1 aromatic heterocycles. The summed E-state index contributed by atoms with van der Waals surface area (Å²) in [6, 6.07) is 9.53.